The number of ether oxygens (including phenoxy) is 1. The molecule has 2 heteroatoms. The summed E-state index contributed by atoms with van der Waals surface area (Å²) in [7, 11) is 0. The van der Waals surface area contributed by atoms with Crippen LogP contribution in [-0.4, -0.2) is 17.5 Å². The Bertz CT molecular complexity index is 738. The van der Waals surface area contributed by atoms with Gasteiger partial charge in [-0.2, -0.15) is 0 Å². The first kappa shape index (κ1) is 16.1. The third-order valence-corrected chi connectivity index (χ3v) is 8.89. The van der Waals surface area contributed by atoms with Crippen LogP contribution in [0.4, 0.5) is 0 Å². The van der Waals surface area contributed by atoms with Gasteiger partial charge in [0.1, 0.15) is 11.4 Å². The van der Waals surface area contributed by atoms with Gasteiger partial charge >= 0.3 is 0 Å². The fraction of sp³-hybridized carbons (Fsp3) is 0.696. The minimum absolute atomic E-state index is 0.131. The Hall–Kier alpha value is -1.15. The summed E-state index contributed by atoms with van der Waals surface area (Å²) in [6, 6.07) is 10.7. The minimum atomic E-state index is -0.363. The van der Waals surface area contributed by atoms with Gasteiger partial charge in [0.25, 0.3) is 0 Å². The number of carbonyl (C=O) groups is 1. The van der Waals surface area contributed by atoms with Gasteiger partial charge in [0, 0.05) is 17.8 Å². The number of fused-ring (bicyclic) bond motifs is 1. The highest BCUT2D eigenvalue weighted by molar-refractivity contribution is 5.90. The molecular weight excluding hydrogens is 308 g/mol. The first-order valence-corrected chi connectivity index (χ1v) is 10.0. The summed E-state index contributed by atoms with van der Waals surface area (Å²) < 4.78 is 6.51. The van der Waals surface area contributed by atoms with Crippen molar-refractivity contribution >= 4 is 5.78 Å². The number of Topliss-reactive ketones (excluding diaryl/α,β-unsaturated/α-hetero) is 1. The number of benzene rings is 1. The predicted molar refractivity (Wildman–Crippen MR) is 98.4 cm³/mol. The molecule has 4 aliphatic rings. The second-order valence-corrected chi connectivity index (χ2v) is 10.2. The molecule has 1 spiro atoms. The minimum Gasteiger partial charge on any atom is -0.364 e. The van der Waals surface area contributed by atoms with Gasteiger partial charge in [-0.3, -0.25) is 4.79 Å². The smallest absolute Gasteiger partial charge is 0.142 e. The van der Waals surface area contributed by atoms with Gasteiger partial charge in [-0.25, -0.2) is 0 Å². The third-order valence-electron chi connectivity index (χ3n) is 8.89. The van der Waals surface area contributed by atoms with Crippen molar-refractivity contribution in [3.05, 3.63) is 35.9 Å². The van der Waals surface area contributed by atoms with Gasteiger partial charge in [-0.15, -0.1) is 0 Å². The van der Waals surface area contributed by atoms with Crippen molar-refractivity contribution in [3.63, 3.8) is 0 Å². The normalized spacial score (nSPS) is 49.9. The van der Waals surface area contributed by atoms with E-state index in [0.717, 1.165) is 12.8 Å². The van der Waals surface area contributed by atoms with Crippen LogP contribution in [0.5, 0.6) is 0 Å². The molecule has 1 aromatic rings. The molecule has 4 fully saturated rings. The first-order valence-electron chi connectivity index (χ1n) is 10.0. The Balaban J connectivity index is 1.66. The van der Waals surface area contributed by atoms with E-state index in [1.54, 1.807) is 0 Å². The van der Waals surface area contributed by atoms with Crippen molar-refractivity contribution in [1.82, 2.24) is 0 Å². The van der Waals surface area contributed by atoms with Crippen LogP contribution in [0, 0.1) is 22.2 Å². The molecule has 0 aromatic heterocycles. The summed E-state index contributed by atoms with van der Waals surface area (Å²) in [6.45, 7) is 9.45. The van der Waals surface area contributed by atoms with E-state index >= 15 is 0 Å². The third kappa shape index (κ3) is 1.64. The zero-order valence-corrected chi connectivity index (χ0v) is 16.0. The van der Waals surface area contributed by atoms with E-state index in [-0.39, 0.29) is 27.9 Å². The van der Waals surface area contributed by atoms with Crippen molar-refractivity contribution in [1.29, 1.82) is 0 Å². The summed E-state index contributed by atoms with van der Waals surface area (Å²) >= 11 is 0. The fourth-order valence-electron chi connectivity index (χ4n) is 7.69. The highest BCUT2D eigenvalue weighted by Gasteiger charge is 2.86. The van der Waals surface area contributed by atoms with Crippen molar-refractivity contribution < 1.29 is 9.53 Å². The maximum Gasteiger partial charge on any atom is 0.142 e. The molecule has 6 atom stereocenters. The average molecular weight is 338 g/mol. The van der Waals surface area contributed by atoms with Gasteiger partial charge < -0.3 is 4.74 Å². The molecule has 1 heterocycles. The van der Waals surface area contributed by atoms with Crippen LogP contribution in [0.2, 0.25) is 0 Å². The quantitative estimate of drug-likeness (QED) is 0.665. The van der Waals surface area contributed by atoms with Crippen LogP contribution < -0.4 is 0 Å². The SMILES string of the molecule is CC1(C)CCC[C@]2(C)[C@@H]1CC(=O)[C@]1(C)[C@H](c3ccccc3)C[C@H]3O[C@@]321. The first-order chi connectivity index (χ1) is 11.8. The molecule has 5 rings (SSSR count). The Kier molecular flexibility index (Phi) is 2.94. The second kappa shape index (κ2) is 4.57. The summed E-state index contributed by atoms with van der Waals surface area (Å²) in [5, 5.41) is 0. The van der Waals surface area contributed by atoms with Crippen LogP contribution >= 0.6 is 0 Å². The Morgan fingerprint density at radius 2 is 1.76 bits per heavy atom. The Morgan fingerprint density at radius 1 is 1.04 bits per heavy atom. The van der Waals surface area contributed by atoms with Gasteiger partial charge in [-0.1, -0.05) is 57.5 Å². The topological polar surface area (TPSA) is 29.6 Å². The molecule has 0 amide bonds. The molecule has 0 radical (unpaired) electrons. The molecule has 0 N–H and O–H groups in total. The van der Waals surface area contributed by atoms with Gasteiger partial charge in [-0.05, 0) is 43.1 Å². The van der Waals surface area contributed by atoms with Gasteiger partial charge in [0.15, 0.2) is 0 Å². The lowest BCUT2D eigenvalue weighted by molar-refractivity contribution is -0.170. The van der Waals surface area contributed by atoms with Crippen LogP contribution in [0.15, 0.2) is 30.3 Å². The molecule has 1 aliphatic heterocycles. The van der Waals surface area contributed by atoms with Crippen LogP contribution in [0.25, 0.3) is 0 Å². The zero-order valence-electron chi connectivity index (χ0n) is 16.0. The van der Waals surface area contributed by atoms with Crippen molar-refractivity contribution in [2.45, 2.75) is 77.4 Å². The number of rotatable bonds is 1. The van der Waals surface area contributed by atoms with Crippen molar-refractivity contribution in [2.75, 3.05) is 0 Å². The fourth-order valence-corrected chi connectivity index (χ4v) is 7.69. The number of epoxide rings is 1. The van der Waals surface area contributed by atoms with Crippen LogP contribution in [-0.2, 0) is 9.53 Å². The number of hydrogen-bond acceptors (Lipinski definition) is 2. The lowest BCUT2D eigenvalue weighted by Crippen LogP contribution is -2.64. The van der Waals surface area contributed by atoms with Crippen molar-refractivity contribution in [3.8, 4) is 0 Å². The maximum atomic E-state index is 13.6. The Morgan fingerprint density at radius 3 is 2.48 bits per heavy atom. The maximum absolute atomic E-state index is 13.6. The van der Waals surface area contributed by atoms with Crippen LogP contribution in [0.1, 0.15) is 71.3 Å². The van der Waals surface area contributed by atoms with E-state index in [1.165, 1.54) is 24.8 Å². The second-order valence-electron chi connectivity index (χ2n) is 10.2. The predicted octanol–water partition coefficient (Wildman–Crippen LogP) is 5.12. The molecule has 25 heavy (non-hydrogen) atoms. The number of ketones is 1. The Labute approximate surface area is 151 Å². The summed E-state index contributed by atoms with van der Waals surface area (Å²) in [5.41, 5.74) is 1.10. The molecule has 3 aliphatic carbocycles. The monoisotopic (exact) mass is 338 g/mol. The van der Waals surface area contributed by atoms with Crippen molar-refractivity contribution in [2.24, 2.45) is 22.2 Å². The molecule has 0 unspecified atom stereocenters. The van der Waals surface area contributed by atoms with E-state index < -0.39 is 0 Å². The molecule has 3 saturated carbocycles. The number of carbonyl (C=O) groups excluding carboxylic acids is 1. The summed E-state index contributed by atoms with van der Waals surface area (Å²) in [6.07, 6.45) is 5.73. The van der Waals surface area contributed by atoms with E-state index in [2.05, 4.69) is 58.0 Å². The average Bonchev–Trinajstić information content (AvgIpc) is 3.25. The molecular formula is C23H30O2. The van der Waals surface area contributed by atoms with E-state index in [4.69, 9.17) is 4.74 Å². The zero-order chi connectivity index (χ0) is 17.7. The standard InChI is InChI=1S/C23H30O2/c1-20(2)11-8-12-21(3)17(20)14-18(24)22(4)16(13-19-23(21,22)25-19)15-9-6-5-7-10-15/h5-7,9-10,16-17,19H,8,11-14H2,1-4H3/t16-,17+,19+,21+,22-,23-/m0/s1. The van der Waals surface area contributed by atoms with E-state index in [0.29, 0.717) is 17.6 Å². The number of hydrogen-bond donors (Lipinski definition) is 0. The molecule has 134 valence electrons. The van der Waals surface area contributed by atoms with Crippen LogP contribution in [0.3, 0.4) is 0 Å². The highest BCUT2D eigenvalue weighted by atomic mass is 16.6. The molecule has 2 nitrogen and oxygen atoms in total. The highest BCUT2D eigenvalue weighted by Crippen LogP contribution is 2.79. The summed E-state index contributed by atoms with van der Waals surface area (Å²) in [4.78, 5) is 13.6. The summed E-state index contributed by atoms with van der Waals surface area (Å²) in [5.74, 6) is 1.22. The molecule has 1 saturated heterocycles. The van der Waals surface area contributed by atoms with E-state index in [9.17, 15) is 4.79 Å². The lowest BCUT2D eigenvalue weighted by Gasteiger charge is -2.61. The molecule has 0 bridgehead atoms. The lowest BCUT2D eigenvalue weighted by atomic mass is 9.42. The van der Waals surface area contributed by atoms with E-state index in [1.807, 2.05) is 0 Å². The molecule has 1 aromatic carbocycles. The largest absolute Gasteiger partial charge is 0.364 e. The van der Waals surface area contributed by atoms with Gasteiger partial charge in [0.05, 0.1) is 11.5 Å². The van der Waals surface area contributed by atoms with Gasteiger partial charge in [0.2, 0.25) is 0 Å².